The lowest BCUT2D eigenvalue weighted by Gasteiger charge is -2.10. The summed E-state index contributed by atoms with van der Waals surface area (Å²) < 4.78 is 5.36. The number of para-hydroxylation sites is 1. The number of carbonyl (C=O) groups excluding carboxylic acids is 3. The van der Waals surface area contributed by atoms with Gasteiger partial charge in [0.2, 0.25) is 0 Å². The second-order valence-electron chi connectivity index (χ2n) is 5.13. The van der Waals surface area contributed by atoms with E-state index < -0.39 is 11.8 Å². The maximum absolute atomic E-state index is 12.4. The molecule has 0 radical (unpaired) electrons. The molecule has 0 heterocycles. The molecule has 0 aliphatic carbocycles. The van der Waals surface area contributed by atoms with Gasteiger partial charge in [-0.2, -0.15) is 0 Å². The van der Waals surface area contributed by atoms with Crippen LogP contribution in [0.1, 0.15) is 27.6 Å². The molecule has 0 aliphatic rings. The zero-order valence-corrected chi connectivity index (χ0v) is 13.7. The van der Waals surface area contributed by atoms with Crippen LogP contribution in [-0.4, -0.2) is 30.9 Å². The van der Waals surface area contributed by atoms with Gasteiger partial charge < -0.3 is 21.1 Å². The molecule has 0 bridgehead atoms. The van der Waals surface area contributed by atoms with E-state index in [0.717, 1.165) is 0 Å². The molecule has 25 heavy (non-hydrogen) atoms. The molecule has 0 atom stereocenters. The van der Waals surface area contributed by atoms with Gasteiger partial charge in [0.15, 0.2) is 6.61 Å². The first kappa shape index (κ1) is 18.0. The predicted octanol–water partition coefficient (Wildman–Crippen LogP) is 1.55. The third-order valence-corrected chi connectivity index (χ3v) is 3.28. The minimum absolute atomic E-state index is 0.135. The summed E-state index contributed by atoms with van der Waals surface area (Å²) in [7, 11) is 0. The van der Waals surface area contributed by atoms with Crippen LogP contribution in [0.2, 0.25) is 0 Å². The van der Waals surface area contributed by atoms with Gasteiger partial charge in [0.05, 0.1) is 11.3 Å². The number of hydrogen-bond acceptors (Lipinski definition) is 4. The van der Waals surface area contributed by atoms with Gasteiger partial charge in [-0.25, -0.2) is 0 Å². The van der Waals surface area contributed by atoms with E-state index in [1.54, 1.807) is 36.4 Å². The Morgan fingerprint density at radius 3 is 2.56 bits per heavy atom. The van der Waals surface area contributed by atoms with Crippen molar-refractivity contribution >= 4 is 23.4 Å². The number of primary amides is 1. The maximum atomic E-state index is 12.4. The molecule has 0 spiro atoms. The van der Waals surface area contributed by atoms with Crippen molar-refractivity contribution in [1.29, 1.82) is 0 Å². The Labute approximate surface area is 145 Å². The number of nitrogens with two attached hydrogens (primary N) is 1. The van der Waals surface area contributed by atoms with E-state index in [4.69, 9.17) is 10.5 Å². The molecule has 7 heteroatoms. The Bertz CT molecular complexity index is 789. The molecule has 7 nitrogen and oxygen atoms in total. The first-order valence-electron chi connectivity index (χ1n) is 7.71. The monoisotopic (exact) mass is 341 g/mol. The van der Waals surface area contributed by atoms with Gasteiger partial charge in [0.1, 0.15) is 5.75 Å². The Kier molecular flexibility index (Phi) is 6.11. The molecule has 0 aromatic heterocycles. The number of carbonyl (C=O) groups is 3. The first-order valence-corrected chi connectivity index (χ1v) is 7.71. The number of hydrogen-bond donors (Lipinski definition) is 3. The summed E-state index contributed by atoms with van der Waals surface area (Å²) in [6.45, 7) is 2.19. The molecule has 3 amide bonds. The molecule has 2 aromatic carbocycles. The highest BCUT2D eigenvalue weighted by Gasteiger charge is 2.12. The Balaban J connectivity index is 2.09. The minimum atomic E-state index is -0.630. The lowest BCUT2D eigenvalue weighted by atomic mass is 10.1. The highest BCUT2D eigenvalue weighted by molar-refractivity contribution is 6.08. The largest absolute Gasteiger partial charge is 0.484 e. The van der Waals surface area contributed by atoms with Crippen LogP contribution in [0.4, 0.5) is 5.69 Å². The SMILES string of the molecule is CCNC(=O)COc1cccc(C(=O)Nc2ccccc2C(N)=O)c1. The van der Waals surface area contributed by atoms with Gasteiger partial charge in [0.25, 0.3) is 17.7 Å². The van der Waals surface area contributed by atoms with Crippen LogP contribution in [0.5, 0.6) is 5.75 Å². The zero-order valence-electron chi connectivity index (χ0n) is 13.7. The van der Waals surface area contributed by atoms with E-state index >= 15 is 0 Å². The predicted molar refractivity (Wildman–Crippen MR) is 93.5 cm³/mol. The van der Waals surface area contributed by atoms with Crippen LogP contribution in [0.15, 0.2) is 48.5 Å². The summed E-state index contributed by atoms with van der Waals surface area (Å²) in [6, 6.07) is 12.9. The van der Waals surface area contributed by atoms with Crippen LogP contribution in [0.25, 0.3) is 0 Å². The molecule has 0 aliphatic heterocycles. The summed E-state index contributed by atoms with van der Waals surface area (Å²) in [6.07, 6.45) is 0. The van der Waals surface area contributed by atoms with E-state index in [0.29, 0.717) is 23.5 Å². The first-order chi connectivity index (χ1) is 12.0. The molecule has 0 saturated carbocycles. The molecular weight excluding hydrogens is 322 g/mol. The topological polar surface area (TPSA) is 111 Å². The van der Waals surface area contributed by atoms with Crippen molar-refractivity contribution < 1.29 is 19.1 Å². The number of nitrogens with one attached hydrogen (secondary N) is 2. The fourth-order valence-corrected chi connectivity index (χ4v) is 2.13. The van der Waals surface area contributed by atoms with Crippen LogP contribution in [0, 0.1) is 0 Å². The number of ether oxygens (including phenoxy) is 1. The second kappa shape index (κ2) is 8.49. The Morgan fingerprint density at radius 2 is 1.84 bits per heavy atom. The summed E-state index contributed by atoms with van der Waals surface area (Å²) in [5, 5.41) is 5.26. The standard InChI is InChI=1S/C18H19N3O4/c1-2-20-16(22)11-25-13-7-5-6-12(10-13)18(24)21-15-9-4-3-8-14(15)17(19)23/h3-10H,2,11H2,1H3,(H2,19,23)(H,20,22)(H,21,24). The Morgan fingerprint density at radius 1 is 1.08 bits per heavy atom. The number of rotatable bonds is 7. The van der Waals surface area contributed by atoms with E-state index in [1.807, 2.05) is 6.92 Å². The summed E-state index contributed by atoms with van der Waals surface area (Å²) in [5.74, 6) is -0.901. The van der Waals surface area contributed by atoms with Crippen molar-refractivity contribution in [3.05, 3.63) is 59.7 Å². The molecule has 4 N–H and O–H groups in total. The molecule has 2 aromatic rings. The highest BCUT2D eigenvalue weighted by atomic mass is 16.5. The van der Waals surface area contributed by atoms with Crippen molar-refractivity contribution in [1.82, 2.24) is 5.32 Å². The van der Waals surface area contributed by atoms with Gasteiger partial charge in [-0.15, -0.1) is 0 Å². The lowest BCUT2D eigenvalue weighted by molar-refractivity contribution is -0.122. The van der Waals surface area contributed by atoms with Gasteiger partial charge in [-0.05, 0) is 37.3 Å². The third-order valence-electron chi connectivity index (χ3n) is 3.28. The van der Waals surface area contributed by atoms with Crippen LogP contribution >= 0.6 is 0 Å². The molecule has 2 rings (SSSR count). The van der Waals surface area contributed by atoms with Crippen LogP contribution in [0.3, 0.4) is 0 Å². The fourth-order valence-electron chi connectivity index (χ4n) is 2.13. The summed E-state index contributed by atoms with van der Waals surface area (Å²) in [4.78, 5) is 35.2. The fraction of sp³-hybridized carbons (Fsp3) is 0.167. The van der Waals surface area contributed by atoms with E-state index in [-0.39, 0.29) is 18.1 Å². The molecule has 0 unspecified atom stereocenters. The third kappa shape index (κ3) is 5.07. The number of anilines is 1. The Hall–Kier alpha value is -3.35. The van der Waals surface area contributed by atoms with Gasteiger partial charge >= 0.3 is 0 Å². The summed E-state index contributed by atoms with van der Waals surface area (Å²) in [5.41, 5.74) is 6.17. The van der Waals surface area contributed by atoms with Crippen molar-refractivity contribution in [2.24, 2.45) is 5.73 Å². The number of amides is 3. The van der Waals surface area contributed by atoms with Crippen molar-refractivity contribution in [3.8, 4) is 5.75 Å². The van der Waals surface area contributed by atoms with E-state index in [2.05, 4.69) is 10.6 Å². The molecule has 130 valence electrons. The zero-order chi connectivity index (χ0) is 18.2. The van der Waals surface area contributed by atoms with Gasteiger partial charge in [-0.3, -0.25) is 14.4 Å². The molecule has 0 saturated heterocycles. The molecular formula is C18H19N3O4. The van der Waals surface area contributed by atoms with E-state index in [1.165, 1.54) is 12.1 Å². The highest BCUT2D eigenvalue weighted by Crippen LogP contribution is 2.18. The summed E-state index contributed by atoms with van der Waals surface area (Å²) >= 11 is 0. The minimum Gasteiger partial charge on any atom is -0.484 e. The quantitative estimate of drug-likeness (QED) is 0.709. The van der Waals surface area contributed by atoms with Crippen molar-refractivity contribution in [3.63, 3.8) is 0 Å². The average molecular weight is 341 g/mol. The normalized spacial score (nSPS) is 9.96. The van der Waals surface area contributed by atoms with Gasteiger partial charge in [0, 0.05) is 12.1 Å². The van der Waals surface area contributed by atoms with Crippen LogP contribution in [-0.2, 0) is 4.79 Å². The maximum Gasteiger partial charge on any atom is 0.257 e. The number of benzene rings is 2. The van der Waals surface area contributed by atoms with Crippen molar-refractivity contribution in [2.45, 2.75) is 6.92 Å². The lowest BCUT2D eigenvalue weighted by Crippen LogP contribution is -2.28. The second-order valence-corrected chi connectivity index (χ2v) is 5.13. The number of likely N-dealkylation sites (N-methyl/N-ethyl adjacent to an activating group) is 1. The van der Waals surface area contributed by atoms with Gasteiger partial charge in [-0.1, -0.05) is 18.2 Å². The average Bonchev–Trinajstić information content (AvgIpc) is 2.61. The van der Waals surface area contributed by atoms with E-state index in [9.17, 15) is 14.4 Å². The smallest absolute Gasteiger partial charge is 0.257 e. The van der Waals surface area contributed by atoms with Crippen LogP contribution < -0.4 is 21.1 Å². The van der Waals surface area contributed by atoms with Crippen molar-refractivity contribution in [2.75, 3.05) is 18.5 Å². The molecule has 0 fully saturated rings.